The summed E-state index contributed by atoms with van der Waals surface area (Å²) in [4.78, 5) is 40.3. The van der Waals surface area contributed by atoms with Crippen LogP contribution in [0, 0.1) is 0 Å². The Balaban J connectivity index is 1.51. The molecule has 0 saturated heterocycles. The van der Waals surface area contributed by atoms with E-state index in [0.717, 1.165) is 56.7 Å². The summed E-state index contributed by atoms with van der Waals surface area (Å²) in [5.41, 5.74) is 7.72. The summed E-state index contributed by atoms with van der Waals surface area (Å²) in [6.07, 6.45) is 6.95. The van der Waals surface area contributed by atoms with Crippen LogP contribution in [-0.4, -0.2) is 83.2 Å². The molecule has 1 aliphatic heterocycles. The number of carboxylic acid groups (broad SMARTS) is 1. The zero-order valence-corrected chi connectivity index (χ0v) is 21.2. The van der Waals surface area contributed by atoms with Crippen molar-refractivity contribution in [2.24, 2.45) is 5.73 Å². The lowest BCUT2D eigenvalue weighted by molar-refractivity contribution is -0.138. The van der Waals surface area contributed by atoms with Gasteiger partial charge in [0.2, 0.25) is 5.91 Å². The predicted octanol–water partition coefficient (Wildman–Crippen LogP) is 1.75. The molecule has 0 aromatic carbocycles. The number of nitrogens with two attached hydrogens (primary N) is 1. The number of carboxylic acids is 1. The molecule has 0 fully saturated rings. The largest absolute Gasteiger partial charge is 0.480 e. The Kier molecular flexibility index (Phi) is 10.2. The Morgan fingerprint density at radius 1 is 1.19 bits per heavy atom. The van der Waals surface area contributed by atoms with Gasteiger partial charge in [-0.2, -0.15) is 0 Å². The van der Waals surface area contributed by atoms with Gasteiger partial charge in [0.15, 0.2) is 0 Å². The number of carbonyl (C=O) groups excluding carboxylic acids is 1. The molecule has 2 aromatic rings. The van der Waals surface area contributed by atoms with Gasteiger partial charge in [0.05, 0.1) is 0 Å². The van der Waals surface area contributed by atoms with Gasteiger partial charge in [0, 0.05) is 51.9 Å². The van der Waals surface area contributed by atoms with E-state index in [1.54, 1.807) is 6.07 Å². The smallest absolute Gasteiger partial charge is 0.326 e. The zero-order chi connectivity index (χ0) is 25.9. The van der Waals surface area contributed by atoms with Gasteiger partial charge in [0.1, 0.15) is 29.8 Å². The van der Waals surface area contributed by atoms with Crippen LogP contribution < -0.4 is 21.3 Å². The van der Waals surface area contributed by atoms with Crippen molar-refractivity contribution in [2.75, 3.05) is 55.8 Å². The molecule has 11 nitrogen and oxygen atoms in total. The third-order valence-electron chi connectivity index (χ3n) is 6.25. The van der Waals surface area contributed by atoms with Crippen molar-refractivity contribution in [1.82, 2.24) is 19.9 Å². The summed E-state index contributed by atoms with van der Waals surface area (Å²) in [5.74, 6) is 0.828. The number of aryl methyl sites for hydroxylation is 2. The molecule has 1 amide bonds. The van der Waals surface area contributed by atoms with E-state index >= 15 is 0 Å². The van der Waals surface area contributed by atoms with Crippen molar-refractivity contribution >= 4 is 29.3 Å². The minimum Gasteiger partial charge on any atom is -0.480 e. The highest BCUT2D eigenvalue weighted by Gasteiger charge is 2.20. The van der Waals surface area contributed by atoms with Crippen molar-refractivity contribution in [3.63, 3.8) is 0 Å². The normalized spacial score (nSPS) is 13.5. The number of nitrogens with zero attached hydrogens (tertiary/aromatic N) is 5. The van der Waals surface area contributed by atoms with Crippen LogP contribution in [0.25, 0.3) is 0 Å². The highest BCUT2D eigenvalue weighted by atomic mass is 16.4. The number of primary amides is 1. The predicted molar refractivity (Wildman–Crippen MR) is 140 cm³/mol. The molecule has 36 heavy (non-hydrogen) atoms. The van der Waals surface area contributed by atoms with Gasteiger partial charge in [0.25, 0.3) is 0 Å². The summed E-state index contributed by atoms with van der Waals surface area (Å²) < 4.78 is 0. The molecule has 196 valence electrons. The lowest BCUT2D eigenvalue weighted by Gasteiger charge is -2.24. The van der Waals surface area contributed by atoms with Crippen molar-refractivity contribution in [3.05, 3.63) is 35.8 Å². The third kappa shape index (κ3) is 8.63. The first kappa shape index (κ1) is 27.1. The summed E-state index contributed by atoms with van der Waals surface area (Å²) in [6.45, 7) is 2.74. The average molecular weight is 499 g/mol. The summed E-state index contributed by atoms with van der Waals surface area (Å²) in [5, 5.41) is 16.1. The van der Waals surface area contributed by atoms with Crippen LogP contribution in [0.5, 0.6) is 0 Å². The van der Waals surface area contributed by atoms with Crippen LogP contribution in [0.1, 0.15) is 43.4 Å². The number of pyridine rings is 1. The number of aromatic nitrogens is 3. The molecule has 0 unspecified atom stereocenters. The van der Waals surface area contributed by atoms with Crippen LogP contribution in [0.3, 0.4) is 0 Å². The quantitative estimate of drug-likeness (QED) is 0.267. The van der Waals surface area contributed by atoms with Crippen LogP contribution in [0.2, 0.25) is 0 Å². The molecule has 3 rings (SSSR count). The van der Waals surface area contributed by atoms with Crippen LogP contribution in [0.15, 0.2) is 24.5 Å². The minimum atomic E-state index is -0.957. The number of fused-ring (bicyclic) bond motifs is 1. The lowest BCUT2D eigenvalue weighted by Crippen LogP contribution is -2.37. The highest BCUT2D eigenvalue weighted by molar-refractivity contribution is 5.77. The molecule has 0 aliphatic carbocycles. The number of unbranched alkanes of at least 4 members (excludes halogenated alkanes) is 1. The van der Waals surface area contributed by atoms with Gasteiger partial charge >= 0.3 is 5.97 Å². The standard InChI is InChI=1S/C25H38N8O3/c1-32(2)23-16-22(28-17-29-23)31-20(25(35)36)10-14-33(15-11-21(26)34)13-4-3-7-19-9-8-18-6-5-12-27-24(18)30-19/h8-9,16-17,20H,3-7,10-15H2,1-2H3,(H2,26,34)(H,27,30)(H,35,36)(H,28,29,31)/t20-/m0/s1. The molecule has 3 heterocycles. The number of anilines is 3. The van der Waals surface area contributed by atoms with E-state index in [4.69, 9.17) is 10.7 Å². The first-order valence-electron chi connectivity index (χ1n) is 12.5. The maximum absolute atomic E-state index is 11.9. The van der Waals surface area contributed by atoms with Gasteiger partial charge in [-0.1, -0.05) is 6.07 Å². The molecule has 0 bridgehead atoms. The Morgan fingerprint density at radius 3 is 2.78 bits per heavy atom. The summed E-state index contributed by atoms with van der Waals surface area (Å²) in [6, 6.07) is 5.17. The number of rotatable bonds is 15. The van der Waals surface area contributed by atoms with E-state index < -0.39 is 12.0 Å². The Bertz CT molecular complexity index is 1020. The zero-order valence-electron chi connectivity index (χ0n) is 21.2. The Hall–Kier alpha value is -3.47. The van der Waals surface area contributed by atoms with Crippen LogP contribution in [-0.2, 0) is 22.4 Å². The summed E-state index contributed by atoms with van der Waals surface area (Å²) in [7, 11) is 3.71. The maximum Gasteiger partial charge on any atom is 0.326 e. The second-order valence-corrected chi connectivity index (χ2v) is 9.34. The number of nitrogens with one attached hydrogen (secondary N) is 2. The number of hydrogen-bond acceptors (Lipinski definition) is 9. The van der Waals surface area contributed by atoms with E-state index in [1.165, 1.54) is 11.9 Å². The topological polar surface area (TPSA) is 150 Å². The first-order chi connectivity index (χ1) is 17.3. The van der Waals surface area contributed by atoms with Crippen molar-refractivity contribution < 1.29 is 14.7 Å². The van der Waals surface area contributed by atoms with Crippen molar-refractivity contribution in [3.8, 4) is 0 Å². The third-order valence-corrected chi connectivity index (χ3v) is 6.25. The van der Waals surface area contributed by atoms with Gasteiger partial charge in [-0.15, -0.1) is 0 Å². The van der Waals surface area contributed by atoms with E-state index in [-0.39, 0.29) is 12.3 Å². The molecular weight excluding hydrogens is 460 g/mol. The van der Waals surface area contributed by atoms with Gasteiger partial charge in [-0.3, -0.25) is 4.79 Å². The molecule has 1 atom stereocenters. The highest BCUT2D eigenvalue weighted by Crippen LogP contribution is 2.20. The second-order valence-electron chi connectivity index (χ2n) is 9.34. The van der Waals surface area contributed by atoms with Gasteiger partial charge < -0.3 is 31.3 Å². The average Bonchev–Trinajstić information content (AvgIpc) is 2.86. The van der Waals surface area contributed by atoms with E-state index in [1.807, 2.05) is 19.0 Å². The lowest BCUT2D eigenvalue weighted by atomic mass is 10.1. The maximum atomic E-state index is 11.9. The van der Waals surface area contributed by atoms with Gasteiger partial charge in [-0.05, 0) is 56.7 Å². The van der Waals surface area contributed by atoms with Crippen molar-refractivity contribution in [2.45, 2.75) is 51.0 Å². The van der Waals surface area contributed by atoms with Gasteiger partial charge in [-0.25, -0.2) is 19.7 Å². The molecular formula is C25H38N8O3. The fourth-order valence-corrected chi connectivity index (χ4v) is 4.17. The summed E-state index contributed by atoms with van der Waals surface area (Å²) >= 11 is 0. The monoisotopic (exact) mass is 498 g/mol. The van der Waals surface area contributed by atoms with E-state index in [0.29, 0.717) is 31.1 Å². The molecule has 2 aromatic heterocycles. The number of carbonyl (C=O) groups is 2. The van der Waals surface area contributed by atoms with E-state index in [2.05, 4.69) is 37.6 Å². The fraction of sp³-hybridized carbons (Fsp3) is 0.560. The fourth-order valence-electron chi connectivity index (χ4n) is 4.17. The van der Waals surface area contributed by atoms with Crippen molar-refractivity contribution in [1.29, 1.82) is 0 Å². The van der Waals surface area contributed by atoms with E-state index in [9.17, 15) is 14.7 Å². The molecule has 11 heteroatoms. The SMILES string of the molecule is CN(C)c1cc(N[C@@H](CCN(CCCCc2ccc3c(n2)NCCC3)CCC(N)=O)C(=O)O)ncn1. The molecule has 5 N–H and O–H groups in total. The molecule has 1 aliphatic rings. The van der Waals surface area contributed by atoms with Crippen LogP contribution in [0.4, 0.5) is 17.5 Å². The molecule has 0 saturated carbocycles. The minimum absolute atomic E-state index is 0.237. The first-order valence-corrected chi connectivity index (χ1v) is 12.5. The Morgan fingerprint density at radius 2 is 2.03 bits per heavy atom. The number of aliphatic carboxylic acids is 1. The van der Waals surface area contributed by atoms with Crippen LogP contribution >= 0.6 is 0 Å². The molecule has 0 radical (unpaired) electrons. The molecule has 0 spiro atoms. The second kappa shape index (κ2) is 13.6. The number of hydrogen-bond donors (Lipinski definition) is 4. The number of amides is 1. The Labute approximate surface area is 212 Å².